The first-order chi connectivity index (χ1) is 14.6. The van der Waals surface area contributed by atoms with Crippen LogP contribution < -0.4 is 11.1 Å². The molecule has 3 N–H and O–H groups in total. The highest BCUT2D eigenvalue weighted by Crippen LogP contribution is 2.51. The summed E-state index contributed by atoms with van der Waals surface area (Å²) in [5.74, 6) is 0.252. The Kier molecular flexibility index (Phi) is 4.61. The second-order valence-corrected chi connectivity index (χ2v) is 8.29. The first kappa shape index (κ1) is 18.6. The van der Waals surface area contributed by atoms with E-state index in [-0.39, 0.29) is 11.4 Å². The van der Waals surface area contributed by atoms with Gasteiger partial charge in [-0.1, -0.05) is 72.8 Å². The Labute approximate surface area is 176 Å². The summed E-state index contributed by atoms with van der Waals surface area (Å²) < 4.78 is 0. The second-order valence-electron chi connectivity index (χ2n) is 8.29. The average molecular weight is 393 g/mol. The molecule has 4 aromatic carbocycles. The molecule has 0 aromatic heterocycles. The summed E-state index contributed by atoms with van der Waals surface area (Å²) in [4.78, 5) is 12.3. The summed E-state index contributed by atoms with van der Waals surface area (Å²) in [5.41, 5.74) is 10.5. The lowest BCUT2D eigenvalue weighted by Gasteiger charge is -2.13. The van der Waals surface area contributed by atoms with Gasteiger partial charge in [0, 0.05) is 22.7 Å². The van der Waals surface area contributed by atoms with Gasteiger partial charge in [-0.3, -0.25) is 4.79 Å². The Balaban J connectivity index is 1.26. The van der Waals surface area contributed by atoms with Gasteiger partial charge < -0.3 is 11.1 Å². The van der Waals surface area contributed by atoms with E-state index in [9.17, 15) is 4.79 Å². The molecule has 0 spiro atoms. The van der Waals surface area contributed by atoms with E-state index in [2.05, 4.69) is 59.9 Å². The largest absolute Gasteiger partial charge is 0.324 e. The van der Waals surface area contributed by atoms with Crippen molar-refractivity contribution in [2.45, 2.75) is 24.3 Å². The highest BCUT2D eigenvalue weighted by atomic mass is 16.1. The Hall–Kier alpha value is -3.43. The second kappa shape index (κ2) is 7.43. The Morgan fingerprint density at radius 3 is 2.33 bits per heavy atom. The van der Waals surface area contributed by atoms with Crippen LogP contribution in [0.5, 0.6) is 0 Å². The van der Waals surface area contributed by atoms with Crippen molar-refractivity contribution < 1.29 is 4.79 Å². The third kappa shape index (κ3) is 3.72. The van der Waals surface area contributed by atoms with Crippen LogP contribution in [0.2, 0.25) is 0 Å². The quantitative estimate of drug-likeness (QED) is 0.470. The molecule has 148 valence electrons. The van der Waals surface area contributed by atoms with Crippen LogP contribution in [0.4, 0.5) is 5.69 Å². The molecule has 5 rings (SSSR count). The molecule has 30 heavy (non-hydrogen) atoms. The van der Waals surface area contributed by atoms with Crippen molar-refractivity contribution in [1.29, 1.82) is 0 Å². The van der Waals surface area contributed by atoms with Crippen molar-refractivity contribution in [2.75, 3.05) is 5.32 Å². The molecule has 1 fully saturated rings. The number of rotatable bonds is 5. The molecule has 0 radical (unpaired) electrons. The minimum Gasteiger partial charge on any atom is -0.324 e. The molecule has 4 aromatic rings. The highest BCUT2D eigenvalue weighted by Gasteiger charge is 2.51. The zero-order valence-corrected chi connectivity index (χ0v) is 16.7. The molecule has 3 nitrogen and oxygen atoms in total. The molecule has 0 bridgehead atoms. The van der Waals surface area contributed by atoms with E-state index < -0.39 is 0 Å². The fourth-order valence-corrected chi connectivity index (χ4v) is 4.29. The minimum absolute atomic E-state index is 0.0979. The molecule has 1 aliphatic carbocycles. The predicted molar refractivity (Wildman–Crippen MR) is 123 cm³/mol. The van der Waals surface area contributed by atoms with Crippen LogP contribution in [0.25, 0.3) is 10.8 Å². The molecule has 1 aliphatic rings. The number of hydrogen-bond acceptors (Lipinski definition) is 2. The summed E-state index contributed by atoms with van der Waals surface area (Å²) in [5, 5.41) is 5.47. The van der Waals surface area contributed by atoms with Crippen LogP contribution >= 0.6 is 0 Å². The number of carbonyl (C=O) groups is 1. The third-order valence-electron chi connectivity index (χ3n) is 6.07. The van der Waals surface area contributed by atoms with E-state index in [4.69, 9.17) is 5.73 Å². The molecule has 0 heterocycles. The lowest BCUT2D eigenvalue weighted by atomic mass is 9.97. The van der Waals surface area contributed by atoms with Crippen molar-refractivity contribution >= 4 is 22.4 Å². The lowest BCUT2D eigenvalue weighted by molar-refractivity contribution is 0.102. The summed E-state index contributed by atoms with van der Waals surface area (Å²) in [6, 6.07) is 32.4. The van der Waals surface area contributed by atoms with E-state index >= 15 is 0 Å². The monoisotopic (exact) mass is 392 g/mol. The zero-order valence-electron chi connectivity index (χ0n) is 16.7. The van der Waals surface area contributed by atoms with Gasteiger partial charge in [-0.2, -0.15) is 0 Å². The van der Waals surface area contributed by atoms with E-state index in [0.717, 1.165) is 18.5 Å². The number of nitrogens with one attached hydrogen (secondary N) is 1. The van der Waals surface area contributed by atoms with Gasteiger partial charge in [0.2, 0.25) is 0 Å². The van der Waals surface area contributed by atoms with Crippen molar-refractivity contribution in [1.82, 2.24) is 0 Å². The first-order valence-corrected chi connectivity index (χ1v) is 10.3. The number of carbonyl (C=O) groups excluding carboxylic acids is 1. The molecule has 0 aliphatic heterocycles. The lowest BCUT2D eigenvalue weighted by Crippen LogP contribution is -2.27. The Morgan fingerprint density at radius 2 is 1.57 bits per heavy atom. The van der Waals surface area contributed by atoms with E-state index in [1.54, 1.807) is 0 Å². The maximum absolute atomic E-state index is 12.3. The van der Waals surface area contributed by atoms with Crippen LogP contribution in [0, 0.1) is 0 Å². The van der Waals surface area contributed by atoms with Crippen molar-refractivity contribution in [3.8, 4) is 0 Å². The fraction of sp³-hybridized carbons (Fsp3) is 0.148. The summed E-state index contributed by atoms with van der Waals surface area (Å²) >= 11 is 0. The summed E-state index contributed by atoms with van der Waals surface area (Å²) in [6.45, 7) is 0. The van der Waals surface area contributed by atoms with Gasteiger partial charge in [-0.25, -0.2) is 0 Å². The van der Waals surface area contributed by atoms with Gasteiger partial charge in [0.15, 0.2) is 0 Å². The Bertz CT molecular complexity index is 1200. The van der Waals surface area contributed by atoms with Gasteiger partial charge in [0.05, 0.1) is 0 Å². The number of hydrogen-bond donors (Lipinski definition) is 2. The van der Waals surface area contributed by atoms with E-state index in [0.29, 0.717) is 11.5 Å². The number of nitrogens with two attached hydrogens (primary N) is 1. The van der Waals surface area contributed by atoms with Crippen LogP contribution in [0.3, 0.4) is 0 Å². The molecular formula is C27H24N2O. The molecule has 2 unspecified atom stereocenters. The maximum atomic E-state index is 12.3. The molecule has 3 heteroatoms. The third-order valence-corrected chi connectivity index (χ3v) is 6.07. The molecule has 1 saturated carbocycles. The first-order valence-electron chi connectivity index (χ1n) is 10.3. The van der Waals surface area contributed by atoms with Crippen LogP contribution in [0.1, 0.15) is 33.8 Å². The maximum Gasteiger partial charge on any atom is 0.255 e. The standard InChI is InChI=1S/C27H24N2O/c28-27(17-19-10-11-20-6-4-5-9-23(20)16-19)18-25(27)21-12-14-24(15-13-21)29-26(30)22-7-2-1-3-8-22/h1-16,25H,17-18,28H2,(H,29,30). The van der Waals surface area contributed by atoms with E-state index in [1.807, 2.05) is 42.5 Å². The van der Waals surface area contributed by atoms with Gasteiger partial charge in [-0.05, 0) is 59.0 Å². The van der Waals surface area contributed by atoms with Crippen LogP contribution in [-0.4, -0.2) is 11.4 Å². The van der Waals surface area contributed by atoms with Crippen LogP contribution in [0.15, 0.2) is 97.1 Å². The number of benzene rings is 4. The minimum atomic E-state index is -0.197. The van der Waals surface area contributed by atoms with Gasteiger partial charge in [0.25, 0.3) is 5.91 Å². The van der Waals surface area contributed by atoms with Gasteiger partial charge in [-0.15, -0.1) is 0 Å². The van der Waals surface area contributed by atoms with Gasteiger partial charge >= 0.3 is 0 Å². The summed E-state index contributed by atoms with van der Waals surface area (Å²) in [6.07, 6.45) is 1.85. The number of anilines is 1. The fourth-order valence-electron chi connectivity index (χ4n) is 4.29. The average Bonchev–Trinajstić information content (AvgIpc) is 3.45. The smallest absolute Gasteiger partial charge is 0.255 e. The topological polar surface area (TPSA) is 55.1 Å². The summed E-state index contributed by atoms with van der Waals surface area (Å²) in [7, 11) is 0. The number of fused-ring (bicyclic) bond motifs is 1. The molecule has 0 saturated heterocycles. The predicted octanol–water partition coefficient (Wildman–Crippen LogP) is 5.52. The van der Waals surface area contributed by atoms with Crippen LogP contribution in [-0.2, 0) is 6.42 Å². The van der Waals surface area contributed by atoms with E-state index in [1.165, 1.54) is 21.9 Å². The Morgan fingerprint density at radius 1 is 0.867 bits per heavy atom. The highest BCUT2D eigenvalue weighted by molar-refractivity contribution is 6.04. The van der Waals surface area contributed by atoms with Crippen molar-refractivity contribution in [2.24, 2.45) is 5.73 Å². The normalized spacial score (nSPS) is 20.1. The molecule has 2 atom stereocenters. The SMILES string of the molecule is NC1(Cc2ccc3ccccc3c2)CC1c1ccc(NC(=O)c2ccccc2)cc1. The number of amides is 1. The molecule has 1 amide bonds. The van der Waals surface area contributed by atoms with Crippen molar-refractivity contribution in [3.63, 3.8) is 0 Å². The van der Waals surface area contributed by atoms with Gasteiger partial charge in [0.1, 0.15) is 0 Å². The van der Waals surface area contributed by atoms with Crippen molar-refractivity contribution in [3.05, 3.63) is 114 Å². The molecular weight excluding hydrogens is 368 g/mol. The zero-order chi connectivity index (χ0) is 20.6.